The Bertz CT molecular complexity index is 325. The number of carbonyl (C=O) groups is 2. The zero-order valence-electron chi connectivity index (χ0n) is 9.69. The Morgan fingerprint density at radius 1 is 1.38 bits per heavy atom. The molecule has 0 aromatic heterocycles. The number of hydrogen-bond donors (Lipinski definition) is 2. The number of carboxylic acid groups (broad SMARTS) is 1. The first-order valence-corrected chi connectivity index (χ1v) is 5.71. The van der Waals surface area contributed by atoms with Gasteiger partial charge in [0, 0.05) is 18.6 Å². The zero-order valence-corrected chi connectivity index (χ0v) is 9.69. The normalized spacial score (nSPS) is 31.2. The van der Waals surface area contributed by atoms with Gasteiger partial charge in [0.1, 0.15) is 0 Å². The van der Waals surface area contributed by atoms with Crippen LogP contribution in [0, 0.1) is 11.8 Å². The lowest BCUT2D eigenvalue weighted by Crippen LogP contribution is -2.44. The van der Waals surface area contributed by atoms with Crippen LogP contribution in [0.2, 0.25) is 0 Å². The predicted molar refractivity (Wildman–Crippen MR) is 58.0 cm³/mol. The largest absolute Gasteiger partial charge is 0.481 e. The topological polar surface area (TPSA) is 69.6 Å². The van der Waals surface area contributed by atoms with Crippen molar-refractivity contribution in [2.24, 2.45) is 11.8 Å². The molecule has 2 rings (SSSR count). The maximum Gasteiger partial charge on any atom is 0.317 e. The van der Waals surface area contributed by atoms with Crippen molar-refractivity contribution in [3.05, 3.63) is 0 Å². The van der Waals surface area contributed by atoms with E-state index in [2.05, 4.69) is 5.32 Å². The fraction of sp³-hybridized carbons (Fsp3) is 0.818. The van der Waals surface area contributed by atoms with Crippen molar-refractivity contribution in [2.75, 3.05) is 13.1 Å². The molecule has 90 valence electrons. The summed E-state index contributed by atoms with van der Waals surface area (Å²) >= 11 is 0. The number of carboxylic acids is 1. The molecule has 2 atom stereocenters. The molecule has 2 N–H and O–H groups in total. The average molecular weight is 226 g/mol. The van der Waals surface area contributed by atoms with Crippen molar-refractivity contribution < 1.29 is 14.7 Å². The Balaban J connectivity index is 1.92. The summed E-state index contributed by atoms with van der Waals surface area (Å²) in [6.07, 6.45) is 2.04. The van der Waals surface area contributed by atoms with Gasteiger partial charge >= 0.3 is 12.0 Å². The Hall–Kier alpha value is -1.26. The minimum absolute atomic E-state index is 0.0373. The van der Waals surface area contributed by atoms with Crippen LogP contribution >= 0.6 is 0 Å². The fourth-order valence-corrected chi connectivity index (χ4v) is 2.10. The minimum Gasteiger partial charge on any atom is -0.481 e. The van der Waals surface area contributed by atoms with E-state index in [1.165, 1.54) is 0 Å². The molecular formula is C11H18N2O3. The number of likely N-dealkylation sites (tertiary alicyclic amines) is 1. The van der Waals surface area contributed by atoms with E-state index in [1.807, 2.05) is 13.8 Å². The third-order valence-electron chi connectivity index (χ3n) is 3.63. The summed E-state index contributed by atoms with van der Waals surface area (Å²) < 4.78 is 0. The summed E-state index contributed by atoms with van der Waals surface area (Å²) in [7, 11) is 0. The van der Waals surface area contributed by atoms with Gasteiger partial charge in [-0.15, -0.1) is 0 Å². The van der Waals surface area contributed by atoms with E-state index in [4.69, 9.17) is 5.11 Å². The zero-order chi connectivity index (χ0) is 11.9. The van der Waals surface area contributed by atoms with E-state index < -0.39 is 11.9 Å². The highest BCUT2D eigenvalue weighted by Gasteiger charge is 2.42. The van der Waals surface area contributed by atoms with Gasteiger partial charge in [-0.25, -0.2) is 4.79 Å². The Morgan fingerprint density at radius 2 is 2.00 bits per heavy atom. The van der Waals surface area contributed by atoms with Gasteiger partial charge in [-0.3, -0.25) is 4.79 Å². The SMILES string of the molecule is CC1CN(C(=O)NC2(C)CC2)CC1C(=O)O. The molecule has 0 spiro atoms. The van der Waals surface area contributed by atoms with Crippen LogP contribution < -0.4 is 5.32 Å². The lowest BCUT2D eigenvalue weighted by atomic mass is 9.99. The van der Waals surface area contributed by atoms with E-state index in [0.717, 1.165) is 12.8 Å². The molecule has 1 aliphatic carbocycles. The highest BCUT2D eigenvalue weighted by molar-refractivity contribution is 5.78. The van der Waals surface area contributed by atoms with Crippen molar-refractivity contribution in [3.8, 4) is 0 Å². The molecule has 2 amide bonds. The number of nitrogens with one attached hydrogen (secondary N) is 1. The van der Waals surface area contributed by atoms with E-state index in [0.29, 0.717) is 13.1 Å². The van der Waals surface area contributed by atoms with E-state index in [1.54, 1.807) is 4.90 Å². The van der Waals surface area contributed by atoms with Crippen LogP contribution in [0.3, 0.4) is 0 Å². The summed E-state index contributed by atoms with van der Waals surface area (Å²) in [4.78, 5) is 24.4. The molecule has 2 fully saturated rings. The molecule has 5 nitrogen and oxygen atoms in total. The van der Waals surface area contributed by atoms with Gasteiger partial charge in [-0.05, 0) is 25.7 Å². The first kappa shape index (κ1) is 11.2. The van der Waals surface area contributed by atoms with Gasteiger partial charge < -0.3 is 15.3 Å². The van der Waals surface area contributed by atoms with Gasteiger partial charge in [0.2, 0.25) is 0 Å². The van der Waals surface area contributed by atoms with Crippen LogP contribution in [0.5, 0.6) is 0 Å². The smallest absolute Gasteiger partial charge is 0.317 e. The summed E-state index contributed by atoms with van der Waals surface area (Å²) in [6, 6.07) is -0.115. The van der Waals surface area contributed by atoms with Crippen LogP contribution in [-0.4, -0.2) is 40.6 Å². The first-order valence-electron chi connectivity index (χ1n) is 5.71. The molecule has 2 aliphatic rings. The number of nitrogens with zero attached hydrogens (tertiary/aromatic N) is 1. The van der Waals surface area contributed by atoms with Gasteiger partial charge in [0.15, 0.2) is 0 Å². The monoisotopic (exact) mass is 226 g/mol. The van der Waals surface area contributed by atoms with Gasteiger partial charge in [0.25, 0.3) is 0 Å². The van der Waals surface area contributed by atoms with Gasteiger partial charge in [0.05, 0.1) is 5.92 Å². The third-order valence-corrected chi connectivity index (χ3v) is 3.63. The summed E-state index contributed by atoms with van der Waals surface area (Å²) in [5.41, 5.74) is -0.0400. The molecule has 0 bridgehead atoms. The Labute approximate surface area is 94.8 Å². The van der Waals surface area contributed by atoms with Crippen molar-refractivity contribution in [1.29, 1.82) is 0 Å². The number of amides is 2. The Morgan fingerprint density at radius 3 is 2.44 bits per heavy atom. The second-order valence-electron chi connectivity index (χ2n) is 5.32. The quantitative estimate of drug-likeness (QED) is 0.735. The molecule has 1 aliphatic heterocycles. The number of urea groups is 1. The maximum absolute atomic E-state index is 11.8. The number of aliphatic carboxylic acids is 1. The summed E-state index contributed by atoms with van der Waals surface area (Å²) in [5.74, 6) is -1.19. The molecule has 1 saturated carbocycles. The van der Waals surface area contributed by atoms with Crippen LogP contribution in [0.1, 0.15) is 26.7 Å². The molecule has 1 saturated heterocycles. The second-order valence-corrected chi connectivity index (χ2v) is 5.32. The van der Waals surface area contributed by atoms with E-state index in [9.17, 15) is 9.59 Å². The van der Waals surface area contributed by atoms with Gasteiger partial charge in [-0.2, -0.15) is 0 Å². The minimum atomic E-state index is -0.805. The van der Waals surface area contributed by atoms with Crippen LogP contribution in [0.15, 0.2) is 0 Å². The molecule has 5 heteroatoms. The molecule has 0 aromatic carbocycles. The van der Waals surface area contributed by atoms with E-state index in [-0.39, 0.29) is 17.5 Å². The highest BCUT2D eigenvalue weighted by atomic mass is 16.4. The number of rotatable bonds is 2. The van der Waals surface area contributed by atoms with Crippen molar-refractivity contribution in [1.82, 2.24) is 10.2 Å². The predicted octanol–water partition coefficient (Wildman–Crippen LogP) is 0.901. The number of carbonyl (C=O) groups excluding carboxylic acids is 1. The summed E-state index contributed by atoms with van der Waals surface area (Å²) in [5, 5.41) is 11.9. The molecular weight excluding hydrogens is 208 g/mol. The van der Waals surface area contributed by atoms with Crippen molar-refractivity contribution in [3.63, 3.8) is 0 Å². The molecule has 0 aromatic rings. The Kier molecular flexibility index (Phi) is 2.56. The maximum atomic E-state index is 11.8. The van der Waals surface area contributed by atoms with Crippen LogP contribution in [-0.2, 0) is 4.79 Å². The van der Waals surface area contributed by atoms with Crippen LogP contribution in [0.25, 0.3) is 0 Å². The summed E-state index contributed by atoms with van der Waals surface area (Å²) in [6.45, 7) is 4.77. The first-order chi connectivity index (χ1) is 7.41. The highest BCUT2D eigenvalue weighted by Crippen LogP contribution is 2.35. The van der Waals surface area contributed by atoms with Crippen molar-refractivity contribution >= 4 is 12.0 Å². The lowest BCUT2D eigenvalue weighted by Gasteiger charge is -2.20. The fourth-order valence-electron chi connectivity index (χ4n) is 2.10. The van der Waals surface area contributed by atoms with Crippen LogP contribution in [0.4, 0.5) is 4.79 Å². The van der Waals surface area contributed by atoms with E-state index >= 15 is 0 Å². The lowest BCUT2D eigenvalue weighted by molar-refractivity contribution is -0.142. The standard InChI is InChI=1S/C11H18N2O3/c1-7-5-13(6-8(7)9(14)15)10(16)12-11(2)3-4-11/h7-8H,3-6H2,1-2H3,(H,12,16)(H,14,15). The van der Waals surface area contributed by atoms with Crippen molar-refractivity contribution in [2.45, 2.75) is 32.2 Å². The number of hydrogen-bond acceptors (Lipinski definition) is 2. The third kappa shape index (κ3) is 2.13. The average Bonchev–Trinajstić information content (AvgIpc) is 2.76. The second kappa shape index (κ2) is 3.64. The molecule has 1 heterocycles. The molecule has 16 heavy (non-hydrogen) atoms. The van der Waals surface area contributed by atoms with Gasteiger partial charge in [-0.1, -0.05) is 6.92 Å². The molecule has 0 radical (unpaired) electrons. The molecule has 2 unspecified atom stereocenters.